The molecule has 4 aromatic rings. The lowest BCUT2D eigenvalue weighted by molar-refractivity contribution is 0.290. The molecule has 5 rings (SSSR count). The summed E-state index contributed by atoms with van der Waals surface area (Å²) in [4.78, 5) is 16.9. The number of methoxy groups -OCH3 is 1. The van der Waals surface area contributed by atoms with Crippen LogP contribution in [0.3, 0.4) is 0 Å². The number of nitrogens with zero attached hydrogens (tertiary/aromatic N) is 7. The molecule has 1 aliphatic carbocycles. The third-order valence-corrected chi connectivity index (χ3v) is 5.50. The zero-order chi connectivity index (χ0) is 22.2. The van der Waals surface area contributed by atoms with E-state index in [2.05, 4.69) is 26.6 Å². The van der Waals surface area contributed by atoms with Crippen molar-refractivity contribution in [3.8, 4) is 23.1 Å². The van der Waals surface area contributed by atoms with Gasteiger partial charge in [0.2, 0.25) is 11.8 Å². The molecule has 0 spiro atoms. The van der Waals surface area contributed by atoms with E-state index in [-0.39, 0.29) is 12.3 Å². The van der Waals surface area contributed by atoms with E-state index in [1.165, 1.54) is 14.9 Å². The summed E-state index contributed by atoms with van der Waals surface area (Å²) in [5, 5.41) is 12.4. The summed E-state index contributed by atoms with van der Waals surface area (Å²) < 4.78 is 15.6. The highest BCUT2D eigenvalue weighted by molar-refractivity contribution is 5.48. The molecular weight excluding hydrogens is 410 g/mol. The molecule has 10 heteroatoms. The molecule has 0 N–H and O–H groups in total. The fourth-order valence-electron chi connectivity index (χ4n) is 3.70. The first-order chi connectivity index (χ1) is 15.5. The summed E-state index contributed by atoms with van der Waals surface area (Å²) in [6.45, 7) is 2.16. The van der Waals surface area contributed by atoms with Crippen molar-refractivity contribution in [3.63, 3.8) is 0 Å². The van der Waals surface area contributed by atoms with Gasteiger partial charge in [-0.1, -0.05) is 12.1 Å². The van der Waals surface area contributed by atoms with E-state index in [1.807, 2.05) is 31.2 Å². The zero-order valence-corrected chi connectivity index (χ0v) is 18.1. The van der Waals surface area contributed by atoms with E-state index < -0.39 is 0 Å². The van der Waals surface area contributed by atoms with Gasteiger partial charge in [-0.3, -0.25) is 0 Å². The van der Waals surface area contributed by atoms with Crippen molar-refractivity contribution in [2.45, 2.75) is 32.3 Å². The average molecular weight is 433 g/mol. The summed E-state index contributed by atoms with van der Waals surface area (Å²) >= 11 is 0. The number of aryl methyl sites for hydroxylation is 2. The maximum Gasteiger partial charge on any atom is 0.368 e. The Hall–Kier alpha value is -3.95. The molecule has 0 atom stereocenters. The van der Waals surface area contributed by atoms with Crippen molar-refractivity contribution in [3.05, 3.63) is 69.9 Å². The van der Waals surface area contributed by atoms with Crippen molar-refractivity contribution >= 4 is 0 Å². The second kappa shape index (κ2) is 7.95. The molecule has 0 aliphatic heterocycles. The largest absolute Gasteiger partial charge is 0.479 e. The van der Waals surface area contributed by atoms with Crippen LogP contribution < -0.4 is 15.2 Å². The number of benzene rings is 1. The molecule has 10 nitrogen and oxygen atoms in total. The maximum atomic E-state index is 12.5. The van der Waals surface area contributed by atoms with E-state index in [0.717, 1.165) is 29.8 Å². The number of tetrazole rings is 1. The number of hydrogen-bond acceptors (Lipinski definition) is 7. The van der Waals surface area contributed by atoms with Crippen molar-refractivity contribution in [1.29, 1.82) is 0 Å². The van der Waals surface area contributed by atoms with Crippen molar-refractivity contribution < 1.29 is 9.47 Å². The number of aromatic nitrogens is 7. The second-order valence-electron chi connectivity index (χ2n) is 7.78. The quantitative estimate of drug-likeness (QED) is 0.441. The third-order valence-electron chi connectivity index (χ3n) is 5.50. The first-order valence-corrected chi connectivity index (χ1v) is 10.4. The topological polar surface area (TPSA) is 102 Å². The molecule has 0 bridgehead atoms. The summed E-state index contributed by atoms with van der Waals surface area (Å²) in [6.07, 6.45) is 4.05. The van der Waals surface area contributed by atoms with E-state index in [1.54, 1.807) is 31.1 Å². The minimum absolute atomic E-state index is 0.255. The van der Waals surface area contributed by atoms with Crippen molar-refractivity contribution in [2.24, 2.45) is 7.05 Å². The molecule has 1 aromatic carbocycles. The van der Waals surface area contributed by atoms with Crippen LogP contribution >= 0.6 is 0 Å². The lowest BCUT2D eigenvalue weighted by atomic mass is 10.0. The van der Waals surface area contributed by atoms with Crippen molar-refractivity contribution in [1.82, 2.24) is 34.6 Å². The molecule has 3 heterocycles. The highest BCUT2D eigenvalue weighted by atomic mass is 16.5. The van der Waals surface area contributed by atoms with Gasteiger partial charge in [-0.05, 0) is 59.9 Å². The molecule has 3 aromatic heterocycles. The number of ether oxygens (including phenoxy) is 2. The SMILES string of the molecule is COc1nc(C)ccc1-n1ccc(OCc2c(C3CC3)cccc2-n2nnn(C)c2=O)n1. The number of hydrogen-bond donors (Lipinski definition) is 0. The van der Waals surface area contributed by atoms with Gasteiger partial charge in [-0.25, -0.2) is 14.5 Å². The van der Waals surface area contributed by atoms with Gasteiger partial charge >= 0.3 is 5.69 Å². The summed E-state index contributed by atoms with van der Waals surface area (Å²) in [6, 6.07) is 11.5. The van der Waals surface area contributed by atoms with Crippen molar-refractivity contribution in [2.75, 3.05) is 7.11 Å². The van der Waals surface area contributed by atoms with Gasteiger partial charge in [0.25, 0.3) is 0 Å². The average Bonchev–Trinajstić information content (AvgIpc) is 3.46. The van der Waals surface area contributed by atoms with Gasteiger partial charge in [0.1, 0.15) is 12.3 Å². The van der Waals surface area contributed by atoms with Gasteiger partial charge < -0.3 is 9.47 Å². The van der Waals surface area contributed by atoms with Crippen LogP contribution in [0.15, 0.2) is 47.4 Å². The number of pyridine rings is 1. The smallest absolute Gasteiger partial charge is 0.368 e. The lowest BCUT2D eigenvalue weighted by Gasteiger charge is -2.14. The fraction of sp³-hybridized carbons (Fsp3) is 0.318. The summed E-state index contributed by atoms with van der Waals surface area (Å²) in [7, 11) is 3.16. The fourth-order valence-corrected chi connectivity index (χ4v) is 3.70. The molecule has 0 saturated heterocycles. The molecular formula is C22H23N7O3. The normalized spacial score (nSPS) is 13.3. The predicted octanol–water partition coefficient (Wildman–Crippen LogP) is 2.32. The van der Waals surface area contributed by atoms with Crippen LogP contribution in [0, 0.1) is 6.92 Å². The Balaban J connectivity index is 1.45. The summed E-state index contributed by atoms with van der Waals surface area (Å²) in [5.41, 5.74) is 4.04. The first kappa shape index (κ1) is 20.0. The minimum Gasteiger partial charge on any atom is -0.479 e. The van der Waals surface area contributed by atoms with E-state index in [0.29, 0.717) is 23.4 Å². The highest BCUT2D eigenvalue weighted by Gasteiger charge is 2.28. The Morgan fingerprint density at radius 2 is 1.94 bits per heavy atom. The molecule has 1 saturated carbocycles. The van der Waals surface area contributed by atoms with E-state index in [4.69, 9.17) is 9.47 Å². The molecule has 1 fully saturated rings. The lowest BCUT2D eigenvalue weighted by Crippen LogP contribution is -2.23. The Kier molecular flexibility index (Phi) is 4.96. The van der Waals surface area contributed by atoms with Crippen LogP contribution in [0.1, 0.15) is 35.6 Å². The third kappa shape index (κ3) is 3.64. The Labute approximate surface area is 184 Å². The van der Waals surface area contributed by atoms with Gasteiger partial charge in [0.05, 0.1) is 12.8 Å². The molecule has 164 valence electrons. The molecule has 32 heavy (non-hydrogen) atoms. The Bertz CT molecular complexity index is 1330. The monoisotopic (exact) mass is 433 g/mol. The van der Waals surface area contributed by atoms with Gasteiger partial charge in [0, 0.05) is 30.6 Å². The van der Waals surface area contributed by atoms with Crippen LogP contribution in [-0.4, -0.2) is 41.7 Å². The number of rotatable bonds is 7. The van der Waals surface area contributed by atoms with Gasteiger partial charge in [-0.2, -0.15) is 9.36 Å². The van der Waals surface area contributed by atoms with Crippen LogP contribution in [-0.2, 0) is 13.7 Å². The zero-order valence-electron chi connectivity index (χ0n) is 18.1. The minimum atomic E-state index is -0.303. The highest BCUT2D eigenvalue weighted by Crippen LogP contribution is 2.43. The van der Waals surface area contributed by atoms with Gasteiger partial charge in [-0.15, -0.1) is 5.10 Å². The predicted molar refractivity (Wildman–Crippen MR) is 116 cm³/mol. The van der Waals surface area contributed by atoms with Crippen LogP contribution in [0.25, 0.3) is 11.4 Å². The standard InChI is InChI=1S/C22H23N7O3/c1-14-7-10-19(21(23-14)31-3)28-12-11-20(24-28)32-13-17-16(15-8-9-15)5-4-6-18(17)29-22(30)27(2)25-26-29/h4-7,10-12,15H,8-9,13H2,1-3H3. The van der Waals surface area contributed by atoms with Crippen LogP contribution in [0.4, 0.5) is 0 Å². The van der Waals surface area contributed by atoms with Crippen LogP contribution in [0.5, 0.6) is 11.8 Å². The van der Waals surface area contributed by atoms with Crippen LogP contribution in [0.2, 0.25) is 0 Å². The molecule has 0 amide bonds. The maximum absolute atomic E-state index is 12.5. The van der Waals surface area contributed by atoms with E-state index >= 15 is 0 Å². The van der Waals surface area contributed by atoms with Gasteiger partial charge in [0.15, 0.2) is 0 Å². The molecule has 0 unspecified atom stereocenters. The summed E-state index contributed by atoms with van der Waals surface area (Å²) in [5.74, 6) is 1.42. The Morgan fingerprint density at radius 3 is 2.66 bits per heavy atom. The first-order valence-electron chi connectivity index (χ1n) is 10.4. The Morgan fingerprint density at radius 1 is 1.09 bits per heavy atom. The second-order valence-corrected chi connectivity index (χ2v) is 7.78. The molecule has 1 aliphatic rings. The molecule has 0 radical (unpaired) electrons. The van der Waals surface area contributed by atoms with E-state index in [9.17, 15) is 4.79 Å².